The highest BCUT2D eigenvalue weighted by molar-refractivity contribution is 5.94. The summed E-state index contributed by atoms with van der Waals surface area (Å²) in [5.41, 5.74) is 3.52. The molecule has 0 bridgehead atoms. The smallest absolute Gasteiger partial charge is 0.408 e. The average Bonchev–Trinajstić information content (AvgIpc) is 2.44. The number of carboxylic acids is 1. The van der Waals surface area contributed by atoms with Gasteiger partial charge in [0.15, 0.2) is 5.69 Å². The van der Waals surface area contributed by atoms with Crippen molar-refractivity contribution in [3.05, 3.63) is 17.5 Å². The molecule has 1 aromatic heterocycles. The van der Waals surface area contributed by atoms with Crippen LogP contribution in [0.1, 0.15) is 21.0 Å². The number of hydrogen-bond acceptors (Lipinski definition) is 3. The SMILES string of the molecule is NC(=O)c1cc(C(=O)O)nn1CC(F)(F)F. The van der Waals surface area contributed by atoms with Gasteiger partial charge in [0.2, 0.25) is 0 Å². The molecule has 1 aromatic rings. The highest BCUT2D eigenvalue weighted by Crippen LogP contribution is 2.18. The van der Waals surface area contributed by atoms with Crippen molar-refractivity contribution in [3.63, 3.8) is 0 Å². The Morgan fingerprint density at radius 1 is 1.50 bits per heavy atom. The van der Waals surface area contributed by atoms with Crippen molar-refractivity contribution >= 4 is 11.9 Å². The van der Waals surface area contributed by atoms with Crippen LogP contribution < -0.4 is 5.73 Å². The number of hydrogen-bond donors (Lipinski definition) is 2. The Hall–Kier alpha value is -2.06. The van der Waals surface area contributed by atoms with Crippen molar-refractivity contribution in [2.75, 3.05) is 0 Å². The molecule has 1 heterocycles. The highest BCUT2D eigenvalue weighted by Gasteiger charge is 2.31. The fourth-order valence-corrected chi connectivity index (χ4v) is 1.01. The number of primary amides is 1. The minimum absolute atomic E-state index is 0.214. The maximum atomic E-state index is 12.0. The molecule has 1 rings (SSSR count). The maximum Gasteiger partial charge on any atom is 0.408 e. The van der Waals surface area contributed by atoms with Crippen molar-refractivity contribution in [2.24, 2.45) is 5.73 Å². The first-order valence-electron chi connectivity index (χ1n) is 3.88. The van der Waals surface area contributed by atoms with Gasteiger partial charge in [-0.3, -0.25) is 4.79 Å². The van der Waals surface area contributed by atoms with E-state index in [2.05, 4.69) is 5.10 Å². The molecular weight excluding hydrogens is 231 g/mol. The van der Waals surface area contributed by atoms with E-state index in [4.69, 9.17) is 10.8 Å². The summed E-state index contributed by atoms with van der Waals surface area (Å²) in [5, 5.41) is 11.6. The molecule has 9 heteroatoms. The van der Waals surface area contributed by atoms with Crippen LogP contribution in [-0.4, -0.2) is 32.9 Å². The second-order valence-electron chi connectivity index (χ2n) is 2.86. The van der Waals surface area contributed by atoms with Crippen molar-refractivity contribution in [1.29, 1.82) is 0 Å². The van der Waals surface area contributed by atoms with Gasteiger partial charge >= 0.3 is 12.1 Å². The summed E-state index contributed by atoms with van der Waals surface area (Å²) in [6, 6.07) is 0.691. The number of alkyl halides is 3. The molecule has 0 radical (unpaired) electrons. The van der Waals surface area contributed by atoms with Crippen molar-refractivity contribution < 1.29 is 27.9 Å². The van der Waals surface area contributed by atoms with Gasteiger partial charge in [-0.15, -0.1) is 0 Å². The molecule has 0 fully saturated rings. The van der Waals surface area contributed by atoms with E-state index in [0.29, 0.717) is 6.07 Å². The number of rotatable bonds is 3. The molecule has 0 spiro atoms. The second kappa shape index (κ2) is 3.83. The largest absolute Gasteiger partial charge is 0.476 e. The summed E-state index contributed by atoms with van der Waals surface area (Å²) in [6.45, 7) is -1.57. The Kier molecular flexibility index (Phi) is 2.88. The maximum absolute atomic E-state index is 12.0. The molecule has 0 aliphatic carbocycles. The molecule has 0 saturated carbocycles. The summed E-state index contributed by atoms with van der Waals surface area (Å²) in [6.07, 6.45) is -4.62. The van der Waals surface area contributed by atoms with Crippen LogP contribution >= 0.6 is 0 Å². The number of carbonyl (C=O) groups is 2. The van der Waals surface area contributed by atoms with Crippen LogP contribution in [0.25, 0.3) is 0 Å². The van der Waals surface area contributed by atoms with Gasteiger partial charge in [-0.25, -0.2) is 9.48 Å². The average molecular weight is 237 g/mol. The molecule has 6 nitrogen and oxygen atoms in total. The Morgan fingerprint density at radius 3 is 2.44 bits per heavy atom. The lowest BCUT2D eigenvalue weighted by Gasteiger charge is -2.07. The summed E-state index contributed by atoms with van der Waals surface area (Å²) < 4.78 is 36.3. The van der Waals surface area contributed by atoms with Crippen molar-refractivity contribution in [2.45, 2.75) is 12.7 Å². The van der Waals surface area contributed by atoms with E-state index in [1.807, 2.05) is 0 Å². The minimum atomic E-state index is -4.62. The zero-order valence-electron chi connectivity index (χ0n) is 7.65. The van der Waals surface area contributed by atoms with Crippen LogP contribution in [0.2, 0.25) is 0 Å². The van der Waals surface area contributed by atoms with Gasteiger partial charge in [0.1, 0.15) is 12.2 Å². The first kappa shape index (κ1) is 12.0. The minimum Gasteiger partial charge on any atom is -0.476 e. The van der Waals surface area contributed by atoms with Crippen LogP contribution in [0.3, 0.4) is 0 Å². The molecule has 0 aliphatic rings. The molecule has 0 atom stereocenters. The molecular formula is C7H6F3N3O3. The number of aromatic nitrogens is 2. The summed E-state index contributed by atoms with van der Waals surface area (Å²) in [4.78, 5) is 21.2. The van der Waals surface area contributed by atoms with Crippen LogP contribution in [-0.2, 0) is 6.54 Å². The highest BCUT2D eigenvalue weighted by atomic mass is 19.4. The number of nitrogens with zero attached hydrogens (tertiary/aromatic N) is 2. The van der Waals surface area contributed by atoms with Crippen molar-refractivity contribution in [1.82, 2.24) is 9.78 Å². The number of carbonyl (C=O) groups excluding carboxylic acids is 1. The Labute approximate surface area is 86.5 Å². The molecule has 0 aliphatic heterocycles. The number of amides is 1. The first-order chi connectivity index (χ1) is 7.20. The predicted octanol–water partition coefficient (Wildman–Crippen LogP) is 0.242. The lowest BCUT2D eigenvalue weighted by molar-refractivity contribution is -0.142. The second-order valence-corrected chi connectivity index (χ2v) is 2.86. The third-order valence-corrected chi connectivity index (χ3v) is 1.58. The monoisotopic (exact) mass is 237 g/mol. The van der Waals surface area contributed by atoms with Crippen molar-refractivity contribution in [3.8, 4) is 0 Å². The number of carboxylic acid groups (broad SMARTS) is 1. The fraction of sp³-hybridized carbons (Fsp3) is 0.286. The van der Waals surface area contributed by atoms with E-state index in [0.717, 1.165) is 0 Å². The van der Waals surface area contributed by atoms with Gasteiger partial charge in [0, 0.05) is 6.07 Å². The molecule has 0 saturated heterocycles. The molecule has 1 amide bonds. The summed E-state index contributed by atoms with van der Waals surface area (Å²) in [5.74, 6) is -2.72. The normalized spacial score (nSPS) is 11.4. The standard InChI is InChI=1S/C7H6F3N3O3/c8-7(9,10)2-13-4(5(11)14)1-3(12-13)6(15)16/h1H,2H2,(H2,11,14)(H,15,16). The van der Waals surface area contributed by atoms with E-state index in [-0.39, 0.29) is 4.68 Å². The third kappa shape index (κ3) is 2.72. The van der Waals surface area contributed by atoms with Crippen LogP contribution in [0.15, 0.2) is 6.07 Å². The fourth-order valence-electron chi connectivity index (χ4n) is 1.01. The van der Waals surface area contributed by atoms with E-state index < -0.39 is 36.0 Å². The van der Waals surface area contributed by atoms with Gasteiger partial charge < -0.3 is 10.8 Å². The Morgan fingerprint density at radius 2 is 2.06 bits per heavy atom. The van der Waals surface area contributed by atoms with E-state index in [9.17, 15) is 22.8 Å². The lowest BCUT2D eigenvalue weighted by atomic mass is 10.3. The number of nitrogens with two attached hydrogens (primary N) is 1. The van der Waals surface area contributed by atoms with Gasteiger partial charge in [0.05, 0.1) is 0 Å². The predicted molar refractivity (Wildman–Crippen MR) is 43.8 cm³/mol. The zero-order valence-corrected chi connectivity index (χ0v) is 7.65. The van der Waals surface area contributed by atoms with Gasteiger partial charge in [-0.05, 0) is 0 Å². The van der Waals surface area contributed by atoms with Gasteiger partial charge in [-0.1, -0.05) is 0 Å². The molecule has 16 heavy (non-hydrogen) atoms. The Balaban J connectivity index is 3.15. The van der Waals surface area contributed by atoms with Crippen LogP contribution in [0.5, 0.6) is 0 Å². The topological polar surface area (TPSA) is 98.2 Å². The molecule has 0 unspecified atom stereocenters. The molecule has 88 valence electrons. The van der Waals surface area contributed by atoms with E-state index in [1.54, 1.807) is 0 Å². The lowest BCUT2D eigenvalue weighted by Crippen LogP contribution is -2.24. The van der Waals surface area contributed by atoms with Gasteiger partial charge in [0.25, 0.3) is 5.91 Å². The number of aromatic carboxylic acids is 1. The first-order valence-corrected chi connectivity index (χ1v) is 3.88. The number of halogens is 3. The zero-order chi connectivity index (χ0) is 12.5. The Bertz CT molecular complexity index is 438. The van der Waals surface area contributed by atoms with Crippen LogP contribution in [0.4, 0.5) is 13.2 Å². The van der Waals surface area contributed by atoms with Gasteiger partial charge in [-0.2, -0.15) is 18.3 Å². The molecule has 0 aromatic carbocycles. The van der Waals surface area contributed by atoms with E-state index in [1.165, 1.54) is 0 Å². The van der Waals surface area contributed by atoms with E-state index >= 15 is 0 Å². The quantitative estimate of drug-likeness (QED) is 0.786. The summed E-state index contributed by atoms with van der Waals surface area (Å²) >= 11 is 0. The summed E-state index contributed by atoms with van der Waals surface area (Å²) in [7, 11) is 0. The molecule has 3 N–H and O–H groups in total. The van der Waals surface area contributed by atoms with Crippen LogP contribution in [0, 0.1) is 0 Å². The third-order valence-electron chi connectivity index (χ3n) is 1.58.